The maximum atomic E-state index is 12.3. The van der Waals surface area contributed by atoms with Crippen LogP contribution in [0.4, 0.5) is 5.69 Å². The lowest BCUT2D eigenvalue weighted by molar-refractivity contribution is -0.384. The summed E-state index contributed by atoms with van der Waals surface area (Å²) in [7, 11) is 0. The Morgan fingerprint density at radius 1 is 1.38 bits per heavy atom. The Bertz CT molecular complexity index is 768. The number of hydrogen-bond acceptors (Lipinski definition) is 6. The molecule has 1 aromatic carbocycles. The van der Waals surface area contributed by atoms with Crippen LogP contribution in [0.15, 0.2) is 18.2 Å². The van der Waals surface area contributed by atoms with Crippen LogP contribution in [-0.4, -0.2) is 28.4 Å². The molecule has 2 rings (SSSR count). The maximum absolute atomic E-state index is 12.3. The summed E-state index contributed by atoms with van der Waals surface area (Å²) in [5.41, 5.74) is -1.46. The first kappa shape index (κ1) is 19.7. The third-order valence-corrected chi connectivity index (χ3v) is 4.65. The van der Waals surface area contributed by atoms with Crippen molar-refractivity contribution in [1.29, 1.82) is 5.26 Å². The number of non-ortho nitro benzene ring substituents is 1. The molecule has 1 saturated carbocycles. The van der Waals surface area contributed by atoms with E-state index in [4.69, 9.17) is 16.3 Å². The molecule has 1 amide bonds. The maximum Gasteiger partial charge on any atom is 0.340 e. The van der Waals surface area contributed by atoms with E-state index >= 15 is 0 Å². The van der Waals surface area contributed by atoms with Crippen LogP contribution in [0.25, 0.3) is 0 Å². The fraction of sp³-hybridized carbons (Fsp3) is 0.471. The number of nitrogens with zero attached hydrogens (tertiary/aromatic N) is 2. The van der Waals surface area contributed by atoms with Crippen molar-refractivity contribution in [3.8, 4) is 6.07 Å². The molecule has 138 valence electrons. The van der Waals surface area contributed by atoms with Crippen LogP contribution in [0, 0.1) is 21.4 Å². The molecule has 0 bridgehead atoms. The molecule has 0 radical (unpaired) electrons. The number of benzene rings is 1. The number of nitriles is 1. The van der Waals surface area contributed by atoms with Gasteiger partial charge in [-0.15, -0.1) is 0 Å². The number of nitro groups is 1. The number of nitro benzene ring substituents is 1. The van der Waals surface area contributed by atoms with Gasteiger partial charge in [0.25, 0.3) is 11.6 Å². The summed E-state index contributed by atoms with van der Waals surface area (Å²) in [5, 5.41) is 22.9. The highest BCUT2D eigenvalue weighted by Gasteiger charge is 2.35. The summed E-state index contributed by atoms with van der Waals surface area (Å²) >= 11 is 5.89. The molecule has 0 aromatic heterocycles. The van der Waals surface area contributed by atoms with E-state index in [1.807, 2.05) is 0 Å². The average molecular weight is 380 g/mol. The Balaban J connectivity index is 2.07. The number of rotatable bonds is 5. The second-order valence-corrected chi connectivity index (χ2v) is 6.62. The Morgan fingerprint density at radius 3 is 2.62 bits per heavy atom. The first-order chi connectivity index (χ1) is 12.3. The van der Waals surface area contributed by atoms with Gasteiger partial charge < -0.3 is 10.1 Å². The molecule has 1 aliphatic rings. The van der Waals surface area contributed by atoms with Crippen molar-refractivity contribution in [3.05, 3.63) is 38.9 Å². The highest BCUT2D eigenvalue weighted by Crippen LogP contribution is 2.28. The highest BCUT2D eigenvalue weighted by atomic mass is 35.5. The molecule has 9 heteroatoms. The van der Waals surface area contributed by atoms with Crippen LogP contribution in [0.1, 0.15) is 49.4 Å². The van der Waals surface area contributed by atoms with Crippen LogP contribution in [0.3, 0.4) is 0 Å². The summed E-state index contributed by atoms with van der Waals surface area (Å²) in [6, 6.07) is 5.52. The molecule has 1 aromatic rings. The van der Waals surface area contributed by atoms with E-state index in [0.717, 1.165) is 31.4 Å². The fourth-order valence-electron chi connectivity index (χ4n) is 2.82. The van der Waals surface area contributed by atoms with E-state index < -0.39 is 28.4 Å². The molecule has 8 nitrogen and oxygen atoms in total. The van der Waals surface area contributed by atoms with Crippen molar-refractivity contribution in [2.24, 2.45) is 0 Å². The van der Waals surface area contributed by atoms with E-state index in [-0.39, 0.29) is 16.3 Å². The smallest absolute Gasteiger partial charge is 0.340 e. The number of carbonyl (C=O) groups is 2. The van der Waals surface area contributed by atoms with Gasteiger partial charge in [0, 0.05) is 12.1 Å². The zero-order valence-electron chi connectivity index (χ0n) is 14.2. The van der Waals surface area contributed by atoms with Crippen molar-refractivity contribution < 1.29 is 19.2 Å². The van der Waals surface area contributed by atoms with Crippen molar-refractivity contribution in [3.63, 3.8) is 0 Å². The van der Waals surface area contributed by atoms with E-state index in [1.54, 1.807) is 0 Å². The Kier molecular flexibility index (Phi) is 6.16. The van der Waals surface area contributed by atoms with Crippen LogP contribution in [0.5, 0.6) is 0 Å². The van der Waals surface area contributed by atoms with Gasteiger partial charge in [0.05, 0.1) is 21.6 Å². The SMILES string of the molecule is C[C@@H](OC(=O)c1cc([N+](=O)[O-])ccc1Cl)C(=O)NC1(C#N)CCCCC1. The summed E-state index contributed by atoms with van der Waals surface area (Å²) in [5.74, 6) is -1.54. The molecule has 1 N–H and O–H groups in total. The van der Waals surface area contributed by atoms with Crippen molar-refractivity contribution in [2.45, 2.75) is 50.7 Å². The standard InChI is InChI=1S/C17H18ClN3O5/c1-11(15(22)20-17(10-19)7-3-2-4-8-17)26-16(23)13-9-12(21(24)25)5-6-14(13)18/h5-6,9,11H,2-4,7-8H2,1H3,(H,20,22)/t11-/m1/s1. The van der Waals surface area contributed by atoms with Gasteiger partial charge in [-0.2, -0.15) is 5.26 Å². The lowest BCUT2D eigenvalue weighted by Crippen LogP contribution is -2.52. The number of halogens is 1. The molecule has 26 heavy (non-hydrogen) atoms. The number of carbonyl (C=O) groups excluding carboxylic acids is 2. The van der Waals surface area contributed by atoms with Gasteiger partial charge >= 0.3 is 5.97 Å². The second-order valence-electron chi connectivity index (χ2n) is 6.21. The quantitative estimate of drug-likeness (QED) is 0.476. The minimum Gasteiger partial charge on any atom is -0.449 e. The van der Waals surface area contributed by atoms with E-state index in [1.165, 1.54) is 13.0 Å². The molecule has 0 saturated heterocycles. The monoisotopic (exact) mass is 379 g/mol. The van der Waals surface area contributed by atoms with Crippen LogP contribution < -0.4 is 5.32 Å². The third-order valence-electron chi connectivity index (χ3n) is 4.32. The Morgan fingerprint density at radius 2 is 2.04 bits per heavy atom. The molecule has 1 aliphatic carbocycles. The molecular formula is C17H18ClN3O5. The van der Waals surface area contributed by atoms with Gasteiger partial charge in [-0.3, -0.25) is 14.9 Å². The molecule has 0 aliphatic heterocycles. The summed E-state index contributed by atoms with van der Waals surface area (Å²) in [4.78, 5) is 34.7. The summed E-state index contributed by atoms with van der Waals surface area (Å²) in [6.07, 6.45) is 2.61. The van der Waals surface area contributed by atoms with Crippen molar-refractivity contribution in [1.82, 2.24) is 5.32 Å². The number of esters is 1. The molecule has 0 spiro atoms. The number of ether oxygens (including phenoxy) is 1. The van der Waals surface area contributed by atoms with Gasteiger partial charge in [0.2, 0.25) is 0 Å². The molecule has 0 unspecified atom stereocenters. The van der Waals surface area contributed by atoms with Gasteiger partial charge in [0.15, 0.2) is 6.10 Å². The Labute approximate surface area is 155 Å². The first-order valence-corrected chi connectivity index (χ1v) is 8.54. The zero-order valence-corrected chi connectivity index (χ0v) is 14.9. The van der Waals surface area contributed by atoms with E-state index in [9.17, 15) is 25.0 Å². The zero-order chi connectivity index (χ0) is 19.3. The van der Waals surface area contributed by atoms with E-state index in [0.29, 0.717) is 12.8 Å². The van der Waals surface area contributed by atoms with Crippen molar-refractivity contribution >= 4 is 29.2 Å². The van der Waals surface area contributed by atoms with Crippen LogP contribution in [-0.2, 0) is 9.53 Å². The number of hydrogen-bond donors (Lipinski definition) is 1. The van der Waals surface area contributed by atoms with Gasteiger partial charge in [-0.05, 0) is 25.8 Å². The molecule has 1 fully saturated rings. The second kappa shape index (κ2) is 8.15. The highest BCUT2D eigenvalue weighted by molar-refractivity contribution is 6.33. The molecular weight excluding hydrogens is 362 g/mol. The number of nitrogens with one attached hydrogen (secondary N) is 1. The topological polar surface area (TPSA) is 122 Å². The first-order valence-electron chi connectivity index (χ1n) is 8.16. The minimum absolute atomic E-state index is 0.0195. The number of amides is 1. The van der Waals surface area contributed by atoms with Crippen molar-refractivity contribution in [2.75, 3.05) is 0 Å². The van der Waals surface area contributed by atoms with E-state index in [2.05, 4.69) is 11.4 Å². The van der Waals surface area contributed by atoms with Crippen LogP contribution in [0.2, 0.25) is 5.02 Å². The van der Waals surface area contributed by atoms with Gasteiger partial charge in [-0.1, -0.05) is 30.9 Å². The lowest BCUT2D eigenvalue weighted by atomic mass is 9.83. The summed E-state index contributed by atoms with van der Waals surface area (Å²) in [6.45, 7) is 1.37. The Hall–Kier alpha value is -2.66. The third kappa shape index (κ3) is 4.49. The predicted octanol–water partition coefficient (Wildman–Crippen LogP) is 3.14. The van der Waals surface area contributed by atoms with Crippen LogP contribution >= 0.6 is 11.6 Å². The van der Waals surface area contributed by atoms with Gasteiger partial charge in [-0.25, -0.2) is 4.79 Å². The molecule has 1 atom stereocenters. The largest absolute Gasteiger partial charge is 0.449 e. The lowest BCUT2D eigenvalue weighted by Gasteiger charge is -2.32. The average Bonchev–Trinajstić information content (AvgIpc) is 2.62. The summed E-state index contributed by atoms with van der Waals surface area (Å²) < 4.78 is 5.08. The fourth-order valence-corrected chi connectivity index (χ4v) is 3.01. The normalized spacial score (nSPS) is 16.8. The van der Waals surface area contributed by atoms with Gasteiger partial charge in [0.1, 0.15) is 5.54 Å². The predicted molar refractivity (Wildman–Crippen MR) is 92.6 cm³/mol. The molecule has 0 heterocycles. The minimum atomic E-state index is -1.18.